The van der Waals surface area contributed by atoms with E-state index in [9.17, 15) is 9.59 Å². The number of hydrogen-bond acceptors (Lipinski definition) is 3. The predicted molar refractivity (Wildman–Crippen MR) is 96.9 cm³/mol. The lowest BCUT2D eigenvalue weighted by Gasteiger charge is -2.35. The first-order valence-electron chi connectivity index (χ1n) is 8.30. The Labute approximate surface area is 146 Å². The Morgan fingerprint density at radius 3 is 2.64 bits per heavy atom. The summed E-state index contributed by atoms with van der Waals surface area (Å²) in [6.45, 7) is 3.13. The highest BCUT2D eigenvalue weighted by atomic mass is 16.4. The monoisotopic (exact) mass is 339 g/mol. The molecule has 0 aliphatic carbocycles. The molecule has 2 aromatic rings. The lowest BCUT2D eigenvalue weighted by molar-refractivity contribution is -0.121. The van der Waals surface area contributed by atoms with E-state index >= 15 is 0 Å². The number of carboxylic acid groups (broad SMARTS) is 1. The van der Waals surface area contributed by atoms with Crippen LogP contribution >= 0.6 is 0 Å². The van der Waals surface area contributed by atoms with Crippen molar-refractivity contribution in [1.29, 1.82) is 0 Å². The van der Waals surface area contributed by atoms with Gasteiger partial charge in [0.25, 0.3) is 0 Å². The Morgan fingerprint density at radius 1 is 1.20 bits per heavy atom. The van der Waals surface area contributed by atoms with E-state index < -0.39 is 12.1 Å². The van der Waals surface area contributed by atoms with Gasteiger partial charge in [-0.3, -0.25) is 4.79 Å². The number of anilines is 2. The Bertz CT molecular complexity index is 777. The van der Waals surface area contributed by atoms with Crippen molar-refractivity contribution in [3.8, 4) is 0 Å². The third-order valence-electron chi connectivity index (χ3n) is 4.23. The molecule has 0 saturated carbocycles. The molecule has 0 spiro atoms. The van der Waals surface area contributed by atoms with Crippen LogP contribution in [-0.4, -0.2) is 29.7 Å². The molecule has 1 aliphatic heterocycles. The zero-order valence-corrected chi connectivity index (χ0v) is 14.0. The van der Waals surface area contributed by atoms with E-state index in [0.29, 0.717) is 13.0 Å². The van der Waals surface area contributed by atoms with Crippen molar-refractivity contribution in [2.24, 2.45) is 0 Å². The van der Waals surface area contributed by atoms with Crippen LogP contribution in [0.4, 0.5) is 16.2 Å². The number of carbonyl (C=O) groups is 2. The summed E-state index contributed by atoms with van der Waals surface area (Å²) in [5.41, 5.74) is 3.66. The van der Waals surface area contributed by atoms with E-state index in [4.69, 9.17) is 5.11 Å². The summed E-state index contributed by atoms with van der Waals surface area (Å²) in [5.74, 6) is -0.232. The molecule has 2 amide bonds. The summed E-state index contributed by atoms with van der Waals surface area (Å²) in [4.78, 5) is 25.7. The van der Waals surface area contributed by atoms with E-state index in [0.717, 1.165) is 29.0 Å². The van der Waals surface area contributed by atoms with Crippen molar-refractivity contribution < 1.29 is 14.7 Å². The van der Waals surface area contributed by atoms with E-state index in [1.807, 2.05) is 55.5 Å². The van der Waals surface area contributed by atoms with Crippen molar-refractivity contribution in [1.82, 2.24) is 5.32 Å². The summed E-state index contributed by atoms with van der Waals surface area (Å²) in [6, 6.07) is 14.7. The molecule has 2 aromatic carbocycles. The van der Waals surface area contributed by atoms with E-state index in [2.05, 4.69) is 10.6 Å². The van der Waals surface area contributed by atoms with Crippen LogP contribution in [0.2, 0.25) is 0 Å². The fourth-order valence-electron chi connectivity index (χ4n) is 3.20. The molecule has 6 heteroatoms. The van der Waals surface area contributed by atoms with Gasteiger partial charge in [0, 0.05) is 13.0 Å². The molecule has 1 aliphatic rings. The van der Waals surface area contributed by atoms with Crippen LogP contribution in [0.1, 0.15) is 18.1 Å². The topological polar surface area (TPSA) is 81.7 Å². The number of carbonyl (C=O) groups excluding carboxylic acids is 1. The SMILES string of the molecule is CCNc1cccc2c1N(Cc1ccccc1)C(=O)C(NC(=O)O)C2. The standard InChI is InChI=1S/C19H21N3O3/c1-2-20-15-10-6-9-14-11-16(21-19(24)25)18(23)22(17(14)15)12-13-7-4-3-5-8-13/h3-10,16,20-21H,2,11-12H2,1H3,(H,24,25). The van der Waals surface area contributed by atoms with Crippen LogP contribution in [-0.2, 0) is 17.8 Å². The lowest BCUT2D eigenvalue weighted by Crippen LogP contribution is -2.52. The third-order valence-corrected chi connectivity index (χ3v) is 4.23. The maximum atomic E-state index is 13.0. The second-order valence-corrected chi connectivity index (χ2v) is 5.96. The number of fused-ring (bicyclic) bond motifs is 1. The average molecular weight is 339 g/mol. The zero-order chi connectivity index (χ0) is 17.8. The number of nitrogens with zero attached hydrogens (tertiary/aromatic N) is 1. The van der Waals surface area contributed by atoms with Crippen LogP contribution in [0.3, 0.4) is 0 Å². The van der Waals surface area contributed by atoms with Crippen LogP contribution in [0, 0.1) is 0 Å². The molecule has 1 heterocycles. The summed E-state index contributed by atoms with van der Waals surface area (Å²) >= 11 is 0. The highest BCUT2D eigenvalue weighted by Gasteiger charge is 2.35. The minimum atomic E-state index is -1.19. The number of para-hydroxylation sites is 1. The summed E-state index contributed by atoms with van der Waals surface area (Å²) in [5, 5.41) is 14.7. The van der Waals surface area contributed by atoms with Gasteiger partial charge in [0.05, 0.1) is 17.9 Å². The summed E-state index contributed by atoms with van der Waals surface area (Å²) in [7, 11) is 0. The number of amides is 2. The quantitative estimate of drug-likeness (QED) is 0.782. The van der Waals surface area contributed by atoms with E-state index in [-0.39, 0.29) is 5.91 Å². The molecule has 0 bridgehead atoms. The fourth-order valence-corrected chi connectivity index (χ4v) is 3.20. The van der Waals surface area contributed by atoms with Crippen molar-refractivity contribution >= 4 is 23.4 Å². The molecule has 0 aromatic heterocycles. The average Bonchev–Trinajstić information content (AvgIpc) is 2.59. The third kappa shape index (κ3) is 3.57. The predicted octanol–water partition coefficient (Wildman–Crippen LogP) is 2.84. The summed E-state index contributed by atoms with van der Waals surface area (Å²) < 4.78 is 0. The highest BCUT2D eigenvalue weighted by molar-refractivity contribution is 6.04. The lowest BCUT2D eigenvalue weighted by atomic mass is 9.95. The molecule has 0 saturated heterocycles. The Kier molecular flexibility index (Phi) is 4.88. The Hall–Kier alpha value is -3.02. The number of nitrogens with one attached hydrogen (secondary N) is 2. The first kappa shape index (κ1) is 16.8. The molecule has 130 valence electrons. The van der Waals surface area contributed by atoms with Crippen molar-refractivity contribution in [2.45, 2.75) is 25.9 Å². The largest absolute Gasteiger partial charge is 0.465 e. The normalized spacial score (nSPS) is 16.3. The molecular formula is C19H21N3O3. The zero-order valence-electron chi connectivity index (χ0n) is 14.0. The number of benzene rings is 2. The van der Waals surface area contributed by atoms with Gasteiger partial charge in [-0.15, -0.1) is 0 Å². The van der Waals surface area contributed by atoms with Crippen LogP contribution < -0.4 is 15.5 Å². The van der Waals surface area contributed by atoms with Crippen LogP contribution in [0.15, 0.2) is 48.5 Å². The van der Waals surface area contributed by atoms with Gasteiger partial charge >= 0.3 is 6.09 Å². The van der Waals surface area contributed by atoms with Gasteiger partial charge in [0.1, 0.15) is 6.04 Å². The number of hydrogen-bond donors (Lipinski definition) is 3. The highest BCUT2D eigenvalue weighted by Crippen LogP contribution is 2.36. The smallest absolute Gasteiger partial charge is 0.405 e. The summed E-state index contributed by atoms with van der Waals surface area (Å²) in [6.07, 6.45) is -0.838. The number of rotatable bonds is 5. The molecule has 1 unspecified atom stereocenters. The van der Waals surface area contributed by atoms with Gasteiger partial charge in [-0.25, -0.2) is 4.79 Å². The molecule has 3 rings (SSSR count). The van der Waals surface area contributed by atoms with E-state index in [1.165, 1.54) is 0 Å². The molecule has 6 nitrogen and oxygen atoms in total. The van der Waals surface area contributed by atoms with Crippen LogP contribution in [0.25, 0.3) is 0 Å². The molecule has 0 fully saturated rings. The van der Waals surface area contributed by atoms with Gasteiger partial charge in [-0.1, -0.05) is 42.5 Å². The van der Waals surface area contributed by atoms with Gasteiger partial charge in [0.2, 0.25) is 5.91 Å². The van der Waals surface area contributed by atoms with Crippen molar-refractivity contribution in [2.75, 3.05) is 16.8 Å². The van der Waals surface area contributed by atoms with Crippen LogP contribution in [0.5, 0.6) is 0 Å². The van der Waals surface area contributed by atoms with Gasteiger partial charge < -0.3 is 20.6 Å². The van der Waals surface area contributed by atoms with Crippen molar-refractivity contribution in [3.05, 3.63) is 59.7 Å². The first-order valence-corrected chi connectivity index (χ1v) is 8.30. The maximum absolute atomic E-state index is 13.0. The second kappa shape index (κ2) is 7.25. The molecule has 1 atom stereocenters. The molecule has 25 heavy (non-hydrogen) atoms. The maximum Gasteiger partial charge on any atom is 0.405 e. The minimum Gasteiger partial charge on any atom is -0.465 e. The molecular weight excluding hydrogens is 318 g/mol. The Balaban J connectivity index is 2.03. The van der Waals surface area contributed by atoms with Gasteiger partial charge in [-0.05, 0) is 24.1 Å². The van der Waals surface area contributed by atoms with Gasteiger partial charge in [-0.2, -0.15) is 0 Å². The van der Waals surface area contributed by atoms with Gasteiger partial charge in [0.15, 0.2) is 0 Å². The first-order chi connectivity index (χ1) is 12.1. The minimum absolute atomic E-state index is 0.232. The molecule has 3 N–H and O–H groups in total. The Morgan fingerprint density at radius 2 is 1.96 bits per heavy atom. The van der Waals surface area contributed by atoms with Crippen molar-refractivity contribution in [3.63, 3.8) is 0 Å². The second-order valence-electron chi connectivity index (χ2n) is 5.96. The van der Waals surface area contributed by atoms with E-state index in [1.54, 1.807) is 4.90 Å². The molecule has 0 radical (unpaired) electrons. The fraction of sp³-hybridized carbons (Fsp3) is 0.263.